The second kappa shape index (κ2) is 5.77. The van der Waals surface area contributed by atoms with E-state index in [1.807, 2.05) is 13.1 Å². The first-order chi connectivity index (χ1) is 12.3. The average molecular weight is 349 g/mol. The summed E-state index contributed by atoms with van der Waals surface area (Å²) < 4.78 is 15.2. The number of nitrogens with zero attached hydrogens (tertiary/aromatic N) is 1. The molecule has 0 saturated carbocycles. The smallest absolute Gasteiger partial charge is 0.123 e. The Morgan fingerprint density at radius 2 is 2.00 bits per heavy atom. The Hall–Kier alpha value is -1.96. The summed E-state index contributed by atoms with van der Waals surface area (Å²) in [7, 11) is 0. The zero-order valence-electron chi connectivity index (χ0n) is 16.5. The lowest BCUT2D eigenvalue weighted by Gasteiger charge is -2.46. The molecule has 3 aliphatic carbocycles. The molecule has 1 heterocycles. The summed E-state index contributed by atoms with van der Waals surface area (Å²) in [6, 6.07) is 2.12. The lowest BCUT2D eigenvalue weighted by atomic mass is 9.57. The third kappa shape index (κ3) is 2.31. The van der Waals surface area contributed by atoms with Crippen LogP contribution in [-0.4, -0.2) is 4.98 Å². The quantitative estimate of drug-likeness (QED) is 0.679. The molecule has 0 spiro atoms. The molecule has 4 rings (SSSR count). The van der Waals surface area contributed by atoms with Gasteiger partial charge in [-0.2, -0.15) is 0 Å². The van der Waals surface area contributed by atoms with Crippen LogP contribution < -0.4 is 10.4 Å². The third-order valence-electron chi connectivity index (χ3n) is 6.40. The molecule has 1 atom stereocenters. The Bertz CT molecular complexity index is 984. The molecule has 1 aromatic heterocycles. The van der Waals surface area contributed by atoms with Crippen LogP contribution in [0.1, 0.15) is 59.6 Å². The maximum Gasteiger partial charge on any atom is 0.123 e. The molecule has 3 aliphatic rings. The van der Waals surface area contributed by atoms with Gasteiger partial charge in [0, 0.05) is 22.4 Å². The van der Waals surface area contributed by atoms with E-state index in [2.05, 4.69) is 52.0 Å². The molecule has 0 amide bonds. The van der Waals surface area contributed by atoms with E-state index in [1.165, 1.54) is 16.0 Å². The molecule has 2 heteroatoms. The Morgan fingerprint density at radius 1 is 1.23 bits per heavy atom. The van der Waals surface area contributed by atoms with Crippen molar-refractivity contribution in [3.63, 3.8) is 0 Å². The SMILES string of the molecule is CC=CCC1CC=C(F)C2=C1c1nccc3c1=C(C(C)(C)CC=3)C2(C)C. The van der Waals surface area contributed by atoms with E-state index in [0.717, 1.165) is 36.1 Å². The van der Waals surface area contributed by atoms with Crippen molar-refractivity contribution in [3.05, 3.63) is 58.0 Å². The third-order valence-corrected chi connectivity index (χ3v) is 6.40. The topological polar surface area (TPSA) is 12.9 Å². The van der Waals surface area contributed by atoms with Gasteiger partial charge in [0.15, 0.2) is 0 Å². The zero-order chi connectivity index (χ0) is 18.7. The van der Waals surface area contributed by atoms with Gasteiger partial charge in [-0.1, -0.05) is 45.9 Å². The fraction of sp³-hybridized carbons (Fsp3) is 0.458. The van der Waals surface area contributed by atoms with Gasteiger partial charge in [0.1, 0.15) is 5.83 Å². The van der Waals surface area contributed by atoms with Crippen molar-refractivity contribution >= 4 is 17.2 Å². The molecule has 0 radical (unpaired) electrons. The number of allylic oxidation sites excluding steroid dienone is 6. The number of halogens is 1. The molecule has 1 unspecified atom stereocenters. The molecule has 136 valence electrons. The number of fused-ring (bicyclic) bond motifs is 1. The van der Waals surface area contributed by atoms with Crippen molar-refractivity contribution in [2.45, 2.75) is 53.9 Å². The molecule has 0 aromatic carbocycles. The summed E-state index contributed by atoms with van der Waals surface area (Å²) in [6.07, 6.45) is 13.0. The predicted octanol–water partition coefficient (Wildman–Crippen LogP) is 5.08. The van der Waals surface area contributed by atoms with Crippen LogP contribution in [0.5, 0.6) is 0 Å². The Labute approximate surface area is 155 Å². The normalized spacial score (nSPS) is 25.5. The van der Waals surface area contributed by atoms with Crippen LogP contribution in [0.2, 0.25) is 0 Å². The number of rotatable bonds is 2. The highest BCUT2D eigenvalue weighted by molar-refractivity contribution is 5.85. The molecule has 0 bridgehead atoms. The van der Waals surface area contributed by atoms with Crippen LogP contribution in [0.15, 0.2) is 41.9 Å². The minimum atomic E-state index is -0.326. The number of hydrogen-bond acceptors (Lipinski definition) is 1. The minimum absolute atomic E-state index is 0.00333. The molecular weight excluding hydrogens is 321 g/mol. The van der Waals surface area contributed by atoms with Gasteiger partial charge in [-0.15, -0.1) is 0 Å². The van der Waals surface area contributed by atoms with Crippen molar-refractivity contribution < 1.29 is 4.39 Å². The van der Waals surface area contributed by atoms with Crippen LogP contribution in [0.3, 0.4) is 0 Å². The number of pyridine rings is 1. The van der Waals surface area contributed by atoms with E-state index in [4.69, 9.17) is 4.98 Å². The first-order valence-corrected chi connectivity index (χ1v) is 9.71. The molecular formula is C24H28FN. The molecule has 1 nitrogen and oxygen atoms in total. The van der Waals surface area contributed by atoms with Crippen LogP contribution in [0.25, 0.3) is 17.2 Å². The molecule has 0 fully saturated rings. The van der Waals surface area contributed by atoms with Crippen LogP contribution in [0, 0.1) is 16.7 Å². The van der Waals surface area contributed by atoms with Crippen LogP contribution >= 0.6 is 0 Å². The highest BCUT2D eigenvalue weighted by Gasteiger charge is 2.46. The highest BCUT2D eigenvalue weighted by atomic mass is 19.1. The molecule has 1 aromatic rings. The van der Waals surface area contributed by atoms with E-state index in [1.54, 1.807) is 6.08 Å². The molecule has 26 heavy (non-hydrogen) atoms. The van der Waals surface area contributed by atoms with Crippen molar-refractivity contribution in [3.8, 4) is 0 Å². The highest BCUT2D eigenvalue weighted by Crippen LogP contribution is 2.56. The van der Waals surface area contributed by atoms with Crippen molar-refractivity contribution in [2.24, 2.45) is 16.7 Å². The van der Waals surface area contributed by atoms with Gasteiger partial charge in [0.2, 0.25) is 0 Å². The number of hydrogen-bond donors (Lipinski definition) is 0. The fourth-order valence-corrected chi connectivity index (χ4v) is 5.46. The van der Waals surface area contributed by atoms with Gasteiger partial charge in [-0.3, -0.25) is 4.98 Å². The fourth-order valence-electron chi connectivity index (χ4n) is 5.46. The summed E-state index contributed by atoms with van der Waals surface area (Å²) in [6.45, 7) is 11.0. The van der Waals surface area contributed by atoms with E-state index >= 15 is 4.39 Å². The van der Waals surface area contributed by atoms with Gasteiger partial charge in [-0.25, -0.2) is 4.39 Å². The predicted molar refractivity (Wildman–Crippen MR) is 107 cm³/mol. The monoisotopic (exact) mass is 349 g/mol. The van der Waals surface area contributed by atoms with E-state index in [9.17, 15) is 0 Å². The zero-order valence-corrected chi connectivity index (χ0v) is 16.5. The summed E-state index contributed by atoms with van der Waals surface area (Å²) in [5.74, 6) is 0.253. The number of aromatic nitrogens is 1. The van der Waals surface area contributed by atoms with Gasteiger partial charge >= 0.3 is 0 Å². The molecule has 0 saturated heterocycles. The molecule has 0 aliphatic heterocycles. The summed E-state index contributed by atoms with van der Waals surface area (Å²) in [4.78, 5) is 4.80. The van der Waals surface area contributed by atoms with Crippen molar-refractivity contribution in [2.75, 3.05) is 0 Å². The van der Waals surface area contributed by atoms with Crippen molar-refractivity contribution in [1.82, 2.24) is 4.98 Å². The summed E-state index contributed by atoms with van der Waals surface area (Å²) >= 11 is 0. The van der Waals surface area contributed by atoms with Crippen LogP contribution in [0.4, 0.5) is 4.39 Å². The average Bonchev–Trinajstić information content (AvgIpc) is 2.58. The van der Waals surface area contributed by atoms with E-state index in [0.29, 0.717) is 5.92 Å². The second-order valence-electron chi connectivity index (χ2n) is 8.99. The first kappa shape index (κ1) is 17.5. The lowest BCUT2D eigenvalue weighted by Crippen LogP contribution is -2.48. The summed E-state index contributed by atoms with van der Waals surface area (Å²) in [5, 5.41) is 2.54. The maximum absolute atomic E-state index is 15.2. The Balaban J connectivity index is 2.12. The van der Waals surface area contributed by atoms with E-state index < -0.39 is 0 Å². The first-order valence-electron chi connectivity index (χ1n) is 9.71. The van der Waals surface area contributed by atoms with Gasteiger partial charge in [0.05, 0.1) is 5.69 Å². The minimum Gasteiger partial charge on any atom is -0.256 e. The van der Waals surface area contributed by atoms with Gasteiger partial charge in [0.25, 0.3) is 0 Å². The Morgan fingerprint density at radius 3 is 2.73 bits per heavy atom. The largest absolute Gasteiger partial charge is 0.256 e. The Kier molecular flexibility index (Phi) is 3.87. The van der Waals surface area contributed by atoms with E-state index in [-0.39, 0.29) is 16.7 Å². The standard InChI is InChI=1S/C24H28FN/c1-6-7-8-15-9-10-17(25)20-18(15)21-19-16(12-14-26-21)11-13-23(2,3)22(19)24(20,4)5/h6-7,10-12,14-15H,8-9,13H2,1-5H3. The molecule has 0 N–H and O–H groups in total. The van der Waals surface area contributed by atoms with Crippen LogP contribution in [-0.2, 0) is 0 Å². The summed E-state index contributed by atoms with van der Waals surface area (Å²) in [5.41, 5.74) is 4.06. The second-order valence-corrected chi connectivity index (χ2v) is 8.99. The van der Waals surface area contributed by atoms with Crippen molar-refractivity contribution in [1.29, 1.82) is 0 Å². The lowest BCUT2D eigenvalue weighted by molar-refractivity contribution is 0.409. The van der Waals surface area contributed by atoms with Gasteiger partial charge in [-0.05, 0) is 66.0 Å². The maximum atomic E-state index is 15.2. The van der Waals surface area contributed by atoms with Gasteiger partial charge < -0.3 is 0 Å².